The highest BCUT2D eigenvalue weighted by molar-refractivity contribution is 4.96. The molecule has 0 amide bonds. The average Bonchev–Trinajstić information content (AvgIpc) is 2.75. The number of hydrogen-bond donors (Lipinski definition) is 2. The maximum absolute atomic E-state index is 10.0. The third-order valence-corrected chi connectivity index (χ3v) is 3.57. The lowest BCUT2D eigenvalue weighted by Crippen LogP contribution is -2.45. The van der Waals surface area contributed by atoms with Gasteiger partial charge in [-0.1, -0.05) is 0 Å². The Kier molecular flexibility index (Phi) is 3.51. The molecule has 5 heteroatoms. The minimum Gasteiger partial charge on any atom is -0.389 e. The summed E-state index contributed by atoms with van der Waals surface area (Å²) in [5.41, 5.74) is 4.79. The van der Waals surface area contributed by atoms with Crippen molar-refractivity contribution in [3.8, 4) is 0 Å². The highest BCUT2D eigenvalue weighted by atomic mass is 16.3. The molecule has 17 heavy (non-hydrogen) atoms. The Labute approximate surface area is 102 Å². The summed E-state index contributed by atoms with van der Waals surface area (Å²) < 4.78 is 2.18. The van der Waals surface area contributed by atoms with Crippen LogP contribution in [-0.4, -0.2) is 44.3 Å². The van der Waals surface area contributed by atoms with Gasteiger partial charge < -0.3 is 15.4 Å². The predicted octanol–water partition coefficient (Wildman–Crippen LogP) is 0.187. The Morgan fingerprint density at radius 1 is 1.59 bits per heavy atom. The van der Waals surface area contributed by atoms with Gasteiger partial charge in [0.1, 0.15) is 5.82 Å². The maximum Gasteiger partial charge on any atom is 0.122 e. The quantitative estimate of drug-likeness (QED) is 0.785. The van der Waals surface area contributed by atoms with Crippen molar-refractivity contribution in [3.63, 3.8) is 0 Å². The molecule has 0 bridgehead atoms. The molecule has 1 aliphatic rings. The minimum atomic E-state index is -0.772. The standard InChI is InChI=1S/C12H22N4O/c1-10(7-12(2,17)9-13)16-6-5-15-4-3-14-11(15)8-16/h3-4,10,17H,5-9,13H2,1-2H3. The molecule has 5 nitrogen and oxygen atoms in total. The first-order chi connectivity index (χ1) is 8.02. The summed E-state index contributed by atoms with van der Waals surface area (Å²) in [5.74, 6) is 1.11. The predicted molar refractivity (Wildman–Crippen MR) is 66.4 cm³/mol. The zero-order valence-corrected chi connectivity index (χ0v) is 10.6. The second kappa shape index (κ2) is 4.76. The molecule has 2 unspecified atom stereocenters. The Morgan fingerprint density at radius 2 is 2.35 bits per heavy atom. The van der Waals surface area contributed by atoms with Crippen molar-refractivity contribution in [2.45, 2.75) is 45.0 Å². The van der Waals surface area contributed by atoms with Gasteiger partial charge in [0.05, 0.1) is 12.1 Å². The second-order valence-electron chi connectivity index (χ2n) is 5.26. The van der Waals surface area contributed by atoms with E-state index in [0.29, 0.717) is 19.0 Å². The second-order valence-corrected chi connectivity index (χ2v) is 5.26. The summed E-state index contributed by atoms with van der Waals surface area (Å²) in [4.78, 5) is 6.69. The molecule has 2 heterocycles. The zero-order chi connectivity index (χ0) is 12.5. The Hall–Kier alpha value is -0.910. The number of nitrogens with zero attached hydrogens (tertiary/aromatic N) is 3. The van der Waals surface area contributed by atoms with Crippen molar-refractivity contribution in [2.75, 3.05) is 13.1 Å². The van der Waals surface area contributed by atoms with Crippen molar-refractivity contribution in [3.05, 3.63) is 18.2 Å². The van der Waals surface area contributed by atoms with Crippen LogP contribution in [0.1, 0.15) is 26.1 Å². The van der Waals surface area contributed by atoms with Crippen LogP contribution in [0.4, 0.5) is 0 Å². The van der Waals surface area contributed by atoms with E-state index in [4.69, 9.17) is 5.73 Å². The number of aromatic nitrogens is 2. The van der Waals surface area contributed by atoms with E-state index in [9.17, 15) is 5.11 Å². The number of aliphatic hydroxyl groups is 1. The van der Waals surface area contributed by atoms with Gasteiger partial charge in [-0.05, 0) is 20.3 Å². The lowest BCUT2D eigenvalue weighted by Gasteiger charge is -2.36. The SMILES string of the molecule is CC(CC(C)(O)CN)N1CCn2ccnc2C1. The van der Waals surface area contributed by atoms with Gasteiger partial charge in [0.2, 0.25) is 0 Å². The summed E-state index contributed by atoms with van der Waals surface area (Å²) in [7, 11) is 0. The van der Waals surface area contributed by atoms with Gasteiger partial charge in [-0.25, -0.2) is 4.98 Å². The molecule has 0 radical (unpaired) electrons. The normalized spacial score (nSPS) is 21.9. The first-order valence-electron chi connectivity index (χ1n) is 6.18. The number of imidazole rings is 1. The van der Waals surface area contributed by atoms with Gasteiger partial charge in [-0.2, -0.15) is 0 Å². The molecule has 0 saturated heterocycles. The van der Waals surface area contributed by atoms with E-state index >= 15 is 0 Å². The molecule has 2 rings (SSSR count). The molecule has 3 N–H and O–H groups in total. The van der Waals surface area contributed by atoms with Crippen LogP contribution in [0.25, 0.3) is 0 Å². The van der Waals surface area contributed by atoms with Crippen LogP contribution in [-0.2, 0) is 13.1 Å². The molecule has 1 aliphatic heterocycles. The minimum absolute atomic E-state index is 0.305. The molecule has 1 aromatic heterocycles. The maximum atomic E-state index is 10.0. The van der Waals surface area contributed by atoms with E-state index in [2.05, 4.69) is 21.4 Å². The van der Waals surface area contributed by atoms with Gasteiger partial charge in [0.25, 0.3) is 0 Å². The van der Waals surface area contributed by atoms with Crippen LogP contribution in [0.5, 0.6) is 0 Å². The van der Waals surface area contributed by atoms with Gasteiger partial charge in [0, 0.05) is 38.1 Å². The lowest BCUT2D eigenvalue weighted by atomic mass is 9.97. The van der Waals surface area contributed by atoms with Crippen molar-refractivity contribution >= 4 is 0 Å². The highest BCUT2D eigenvalue weighted by Crippen LogP contribution is 2.19. The van der Waals surface area contributed by atoms with Crippen LogP contribution in [0.15, 0.2) is 12.4 Å². The van der Waals surface area contributed by atoms with E-state index in [1.165, 1.54) is 0 Å². The number of fused-ring (bicyclic) bond motifs is 1. The zero-order valence-electron chi connectivity index (χ0n) is 10.6. The Bertz CT molecular complexity index is 374. The van der Waals surface area contributed by atoms with E-state index in [-0.39, 0.29) is 0 Å². The molecule has 0 saturated carbocycles. The monoisotopic (exact) mass is 238 g/mol. The molecular formula is C12H22N4O. The van der Waals surface area contributed by atoms with E-state index in [1.807, 2.05) is 12.4 Å². The topological polar surface area (TPSA) is 67.3 Å². The average molecular weight is 238 g/mol. The number of nitrogens with two attached hydrogens (primary N) is 1. The third kappa shape index (κ3) is 2.86. The molecule has 0 aromatic carbocycles. The number of hydrogen-bond acceptors (Lipinski definition) is 4. The molecule has 96 valence electrons. The van der Waals surface area contributed by atoms with Gasteiger partial charge in [-0.3, -0.25) is 4.90 Å². The van der Waals surface area contributed by atoms with Crippen LogP contribution in [0.2, 0.25) is 0 Å². The van der Waals surface area contributed by atoms with Crippen LogP contribution in [0, 0.1) is 0 Å². The fraction of sp³-hybridized carbons (Fsp3) is 0.750. The Morgan fingerprint density at radius 3 is 3.06 bits per heavy atom. The highest BCUT2D eigenvalue weighted by Gasteiger charge is 2.27. The number of rotatable bonds is 4. The summed E-state index contributed by atoms with van der Waals surface area (Å²) >= 11 is 0. The lowest BCUT2D eigenvalue weighted by molar-refractivity contribution is 0.0224. The fourth-order valence-corrected chi connectivity index (χ4v) is 2.42. The van der Waals surface area contributed by atoms with Crippen LogP contribution >= 0.6 is 0 Å². The Balaban J connectivity index is 1.96. The molecule has 0 aliphatic carbocycles. The van der Waals surface area contributed by atoms with Crippen molar-refractivity contribution in [1.82, 2.24) is 14.5 Å². The van der Waals surface area contributed by atoms with Gasteiger partial charge in [-0.15, -0.1) is 0 Å². The van der Waals surface area contributed by atoms with E-state index < -0.39 is 5.60 Å². The van der Waals surface area contributed by atoms with Crippen molar-refractivity contribution < 1.29 is 5.11 Å². The van der Waals surface area contributed by atoms with Crippen molar-refractivity contribution in [2.24, 2.45) is 5.73 Å². The van der Waals surface area contributed by atoms with E-state index in [1.54, 1.807) is 6.92 Å². The molecule has 0 fully saturated rings. The van der Waals surface area contributed by atoms with Crippen LogP contribution in [0.3, 0.4) is 0 Å². The van der Waals surface area contributed by atoms with Crippen molar-refractivity contribution in [1.29, 1.82) is 0 Å². The first kappa shape index (κ1) is 12.5. The van der Waals surface area contributed by atoms with Gasteiger partial charge >= 0.3 is 0 Å². The molecule has 1 aromatic rings. The fourth-order valence-electron chi connectivity index (χ4n) is 2.42. The summed E-state index contributed by atoms with van der Waals surface area (Å²) in [6.45, 7) is 7.08. The summed E-state index contributed by atoms with van der Waals surface area (Å²) in [6.07, 6.45) is 4.57. The van der Waals surface area contributed by atoms with Gasteiger partial charge in [0.15, 0.2) is 0 Å². The third-order valence-electron chi connectivity index (χ3n) is 3.57. The first-order valence-corrected chi connectivity index (χ1v) is 6.18. The van der Waals surface area contributed by atoms with Crippen LogP contribution < -0.4 is 5.73 Å². The molecular weight excluding hydrogens is 216 g/mol. The summed E-state index contributed by atoms with van der Waals surface area (Å²) in [6, 6.07) is 0.319. The van der Waals surface area contributed by atoms with E-state index in [0.717, 1.165) is 25.5 Å². The smallest absolute Gasteiger partial charge is 0.122 e. The molecule has 2 atom stereocenters. The molecule has 0 spiro atoms. The largest absolute Gasteiger partial charge is 0.389 e. The summed E-state index contributed by atoms with van der Waals surface area (Å²) in [5, 5.41) is 10.0.